The van der Waals surface area contributed by atoms with E-state index in [0.717, 1.165) is 0 Å². The second-order valence-electron chi connectivity index (χ2n) is 3.65. The van der Waals surface area contributed by atoms with Crippen molar-refractivity contribution in [1.29, 1.82) is 0 Å². The van der Waals surface area contributed by atoms with E-state index in [1.807, 2.05) is 0 Å². The molecule has 1 heterocycles. The summed E-state index contributed by atoms with van der Waals surface area (Å²) in [7, 11) is 1.34. The van der Waals surface area contributed by atoms with Gasteiger partial charge >= 0.3 is 5.97 Å². The second kappa shape index (κ2) is 4.18. The second-order valence-corrected chi connectivity index (χ2v) is 4.50. The molecule has 0 aromatic carbocycles. The van der Waals surface area contributed by atoms with Crippen LogP contribution in [0.1, 0.15) is 19.4 Å². The average Bonchev–Trinajstić information content (AvgIpc) is 2.20. The van der Waals surface area contributed by atoms with E-state index in [-0.39, 0.29) is 11.8 Å². The van der Waals surface area contributed by atoms with Crippen LogP contribution in [-0.4, -0.2) is 23.2 Å². The van der Waals surface area contributed by atoms with Gasteiger partial charge in [0.15, 0.2) is 0 Å². The van der Waals surface area contributed by atoms with Crippen molar-refractivity contribution < 1.29 is 14.6 Å². The van der Waals surface area contributed by atoms with E-state index < -0.39 is 5.41 Å². The van der Waals surface area contributed by atoms with Gasteiger partial charge in [0.2, 0.25) is 5.88 Å². The Hall–Kier alpha value is -1.10. The number of rotatable bonds is 2. The first kappa shape index (κ1) is 12.0. The summed E-state index contributed by atoms with van der Waals surface area (Å²) in [5.74, 6) is -0.443. The molecule has 0 saturated heterocycles. The fraction of sp³-hybridized carbons (Fsp3) is 0.400. The Morgan fingerprint density at radius 3 is 2.67 bits per heavy atom. The molecule has 0 spiro atoms. The highest BCUT2D eigenvalue weighted by molar-refractivity contribution is 9.10. The molecule has 15 heavy (non-hydrogen) atoms. The molecule has 1 aromatic rings. The van der Waals surface area contributed by atoms with Crippen LogP contribution < -0.4 is 0 Å². The molecule has 0 radical (unpaired) electrons. The summed E-state index contributed by atoms with van der Waals surface area (Å²) in [5, 5.41) is 9.23. The largest absolute Gasteiger partial charge is 0.492 e. The number of hydrogen-bond acceptors (Lipinski definition) is 4. The minimum Gasteiger partial charge on any atom is -0.492 e. The molecule has 0 atom stereocenters. The Morgan fingerprint density at radius 1 is 1.60 bits per heavy atom. The molecule has 0 fully saturated rings. The van der Waals surface area contributed by atoms with Gasteiger partial charge in [0.1, 0.15) is 0 Å². The third kappa shape index (κ3) is 2.28. The molecule has 5 heteroatoms. The van der Waals surface area contributed by atoms with Crippen LogP contribution in [0.5, 0.6) is 5.88 Å². The van der Waals surface area contributed by atoms with Gasteiger partial charge in [-0.25, -0.2) is 4.98 Å². The number of pyridine rings is 1. The molecule has 0 saturated carbocycles. The number of esters is 1. The van der Waals surface area contributed by atoms with Crippen LogP contribution in [0.2, 0.25) is 0 Å². The van der Waals surface area contributed by atoms with Crippen LogP contribution in [0.3, 0.4) is 0 Å². The highest BCUT2D eigenvalue weighted by Gasteiger charge is 2.31. The Balaban J connectivity index is 3.16. The summed E-state index contributed by atoms with van der Waals surface area (Å²) in [6.07, 6.45) is 1.46. The highest BCUT2D eigenvalue weighted by atomic mass is 79.9. The molecule has 0 aliphatic heterocycles. The van der Waals surface area contributed by atoms with Crippen LogP contribution in [-0.2, 0) is 14.9 Å². The summed E-state index contributed by atoms with van der Waals surface area (Å²) in [4.78, 5) is 15.3. The Morgan fingerprint density at radius 2 is 2.20 bits per heavy atom. The minimum atomic E-state index is -0.780. The van der Waals surface area contributed by atoms with E-state index in [0.29, 0.717) is 10.0 Å². The third-order valence-electron chi connectivity index (χ3n) is 2.24. The maximum absolute atomic E-state index is 11.5. The molecular formula is C10H12BrNO3. The van der Waals surface area contributed by atoms with Gasteiger partial charge in [-0.3, -0.25) is 4.79 Å². The van der Waals surface area contributed by atoms with Gasteiger partial charge in [-0.2, -0.15) is 0 Å². The monoisotopic (exact) mass is 273 g/mol. The van der Waals surface area contributed by atoms with Gasteiger partial charge < -0.3 is 9.84 Å². The Labute approximate surface area is 96.4 Å². The topological polar surface area (TPSA) is 59.4 Å². The van der Waals surface area contributed by atoms with Crippen LogP contribution in [0.25, 0.3) is 0 Å². The zero-order valence-electron chi connectivity index (χ0n) is 8.74. The molecule has 1 N–H and O–H groups in total. The summed E-state index contributed by atoms with van der Waals surface area (Å²) < 4.78 is 5.15. The molecule has 1 rings (SSSR count). The van der Waals surface area contributed by atoms with Crippen molar-refractivity contribution in [2.24, 2.45) is 0 Å². The van der Waals surface area contributed by atoms with Crippen molar-refractivity contribution in [2.75, 3.05) is 7.11 Å². The predicted octanol–water partition coefficient (Wildman–Crippen LogP) is 2.00. The summed E-state index contributed by atoms with van der Waals surface area (Å²) >= 11 is 3.14. The number of methoxy groups -OCH3 is 1. The lowest BCUT2D eigenvalue weighted by Gasteiger charge is -2.21. The number of nitrogens with zero attached hydrogens (tertiary/aromatic N) is 1. The zero-order chi connectivity index (χ0) is 11.6. The first-order chi connectivity index (χ1) is 6.89. The normalized spacial score (nSPS) is 11.2. The molecule has 0 aliphatic carbocycles. The molecule has 0 bridgehead atoms. The van der Waals surface area contributed by atoms with Gasteiger partial charge in [0, 0.05) is 6.20 Å². The lowest BCUT2D eigenvalue weighted by Crippen LogP contribution is -2.30. The number of carbonyl (C=O) groups excluding carboxylic acids is 1. The van der Waals surface area contributed by atoms with Crippen molar-refractivity contribution in [3.05, 3.63) is 22.3 Å². The molecule has 4 nitrogen and oxygen atoms in total. The van der Waals surface area contributed by atoms with Crippen molar-refractivity contribution in [1.82, 2.24) is 4.98 Å². The fourth-order valence-electron chi connectivity index (χ4n) is 1.15. The predicted molar refractivity (Wildman–Crippen MR) is 58.6 cm³/mol. The van der Waals surface area contributed by atoms with E-state index in [2.05, 4.69) is 20.9 Å². The molecule has 0 amide bonds. The zero-order valence-corrected chi connectivity index (χ0v) is 10.3. The maximum Gasteiger partial charge on any atom is 0.315 e. The van der Waals surface area contributed by atoms with Gasteiger partial charge in [0.05, 0.1) is 17.0 Å². The maximum atomic E-state index is 11.5. The Kier molecular flexibility index (Phi) is 3.34. The molecule has 82 valence electrons. The molecule has 1 aromatic heterocycles. The smallest absolute Gasteiger partial charge is 0.315 e. The summed E-state index contributed by atoms with van der Waals surface area (Å²) in [6, 6.07) is 1.65. The quantitative estimate of drug-likeness (QED) is 0.838. The number of aromatic nitrogens is 1. The fourth-order valence-corrected chi connectivity index (χ4v) is 1.49. The molecular weight excluding hydrogens is 262 g/mol. The van der Waals surface area contributed by atoms with Crippen molar-refractivity contribution in [2.45, 2.75) is 19.3 Å². The van der Waals surface area contributed by atoms with Crippen LogP contribution in [0.15, 0.2) is 16.7 Å². The number of aromatic hydroxyl groups is 1. The van der Waals surface area contributed by atoms with E-state index in [9.17, 15) is 9.90 Å². The van der Waals surface area contributed by atoms with Crippen molar-refractivity contribution in [3.63, 3.8) is 0 Å². The van der Waals surface area contributed by atoms with E-state index in [1.54, 1.807) is 19.9 Å². The van der Waals surface area contributed by atoms with Gasteiger partial charge in [-0.15, -0.1) is 0 Å². The SMILES string of the molecule is COC(=O)C(C)(C)c1cnc(O)c(Br)c1. The summed E-state index contributed by atoms with van der Waals surface area (Å²) in [5.41, 5.74) is -0.100. The lowest BCUT2D eigenvalue weighted by molar-refractivity contribution is -0.146. The number of halogens is 1. The van der Waals surface area contributed by atoms with E-state index in [4.69, 9.17) is 4.74 Å². The third-order valence-corrected chi connectivity index (χ3v) is 2.82. The van der Waals surface area contributed by atoms with E-state index in [1.165, 1.54) is 13.3 Å². The van der Waals surface area contributed by atoms with E-state index >= 15 is 0 Å². The number of carbonyl (C=O) groups is 1. The van der Waals surface area contributed by atoms with Crippen LogP contribution in [0, 0.1) is 0 Å². The van der Waals surface area contributed by atoms with Crippen molar-refractivity contribution >= 4 is 21.9 Å². The van der Waals surface area contributed by atoms with Crippen molar-refractivity contribution in [3.8, 4) is 5.88 Å². The molecule has 0 unspecified atom stereocenters. The first-order valence-electron chi connectivity index (χ1n) is 4.33. The number of hydrogen-bond donors (Lipinski definition) is 1. The van der Waals surface area contributed by atoms with Gasteiger partial charge in [-0.05, 0) is 41.4 Å². The first-order valence-corrected chi connectivity index (χ1v) is 5.12. The standard InChI is InChI=1S/C10H12BrNO3/c1-10(2,9(14)15-3)6-4-7(11)8(13)12-5-6/h4-5H,1-3H3,(H,12,13). The average molecular weight is 274 g/mol. The van der Waals surface area contributed by atoms with Gasteiger partial charge in [-0.1, -0.05) is 0 Å². The van der Waals surface area contributed by atoms with Crippen LogP contribution >= 0.6 is 15.9 Å². The Bertz CT molecular complexity index is 390. The summed E-state index contributed by atoms with van der Waals surface area (Å²) in [6.45, 7) is 3.47. The lowest BCUT2D eigenvalue weighted by atomic mass is 9.86. The molecule has 0 aliphatic rings. The van der Waals surface area contributed by atoms with Gasteiger partial charge in [0.25, 0.3) is 0 Å². The van der Waals surface area contributed by atoms with Crippen LogP contribution in [0.4, 0.5) is 0 Å². The minimum absolute atomic E-state index is 0.0978. The highest BCUT2D eigenvalue weighted by Crippen LogP contribution is 2.29. The number of ether oxygens (including phenoxy) is 1.